The van der Waals surface area contributed by atoms with Gasteiger partial charge in [-0.15, -0.1) is 0 Å². The summed E-state index contributed by atoms with van der Waals surface area (Å²) in [5, 5.41) is 17.1. The van der Waals surface area contributed by atoms with E-state index in [1.165, 1.54) is 0 Å². The van der Waals surface area contributed by atoms with Crippen LogP contribution in [0.1, 0.15) is 17.5 Å². The molecule has 0 heterocycles. The van der Waals surface area contributed by atoms with Crippen molar-refractivity contribution in [2.75, 3.05) is 13.6 Å². The number of aliphatic carboxylic acids is 1. The molecule has 0 aliphatic carbocycles. The highest BCUT2D eigenvalue weighted by atomic mass is 16.4. The Labute approximate surface area is 101 Å². The summed E-state index contributed by atoms with van der Waals surface area (Å²) in [6.45, 7) is 1.52. The maximum atomic E-state index is 10.5. The fourth-order valence-electron chi connectivity index (χ4n) is 1.57. The molecular formula is C13H16N2O2. The number of carboxylic acids is 1. The van der Waals surface area contributed by atoms with Crippen LogP contribution in [0.4, 0.5) is 0 Å². The molecule has 0 saturated carbocycles. The van der Waals surface area contributed by atoms with E-state index in [4.69, 9.17) is 10.4 Å². The monoisotopic (exact) mass is 232 g/mol. The molecule has 0 saturated heterocycles. The van der Waals surface area contributed by atoms with Crippen molar-refractivity contribution in [3.05, 3.63) is 35.4 Å². The van der Waals surface area contributed by atoms with Crippen molar-refractivity contribution in [2.45, 2.75) is 19.4 Å². The Hall–Kier alpha value is -1.86. The third-order valence-corrected chi connectivity index (χ3v) is 2.44. The summed E-state index contributed by atoms with van der Waals surface area (Å²) >= 11 is 0. The molecule has 0 aliphatic heterocycles. The molecule has 0 fully saturated rings. The van der Waals surface area contributed by atoms with Gasteiger partial charge in [-0.1, -0.05) is 24.3 Å². The van der Waals surface area contributed by atoms with Crippen molar-refractivity contribution in [1.82, 2.24) is 4.90 Å². The highest BCUT2D eigenvalue weighted by molar-refractivity contribution is 5.70. The number of nitrogens with zero attached hydrogens (tertiary/aromatic N) is 2. The summed E-state index contributed by atoms with van der Waals surface area (Å²) < 4.78 is 0. The van der Waals surface area contributed by atoms with Gasteiger partial charge in [0.25, 0.3) is 0 Å². The number of benzene rings is 1. The second-order valence-corrected chi connectivity index (χ2v) is 4.03. The van der Waals surface area contributed by atoms with E-state index >= 15 is 0 Å². The Bertz CT molecular complexity index is 406. The molecule has 1 N–H and O–H groups in total. The number of carboxylic acid groups (broad SMARTS) is 1. The number of rotatable bonds is 6. The first-order chi connectivity index (χ1) is 8.11. The summed E-state index contributed by atoms with van der Waals surface area (Å²) in [5.41, 5.74) is 1.93. The summed E-state index contributed by atoms with van der Waals surface area (Å²) in [7, 11) is 1.96. The largest absolute Gasteiger partial charge is 0.481 e. The van der Waals surface area contributed by atoms with E-state index in [2.05, 4.69) is 11.0 Å². The van der Waals surface area contributed by atoms with Crippen LogP contribution in [0.5, 0.6) is 0 Å². The van der Waals surface area contributed by atoms with Gasteiger partial charge in [-0.05, 0) is 18.2 Å². The second-order valence-electron chi connectivity index (χ2n) is 4.03. The topological polar surface area (TPSA) is 64.3 Å². The molecule has 90 valence electrons. The lowest BCUT2D eigenvalue weighted by Gasteiger charge is -2.14. The average Bonchev–Trinajstić information content (AvgIpc) is 2.28. The van der Waals surface area contributed by atoms with Crippen LogP contribution >= 0.6 is 0 Å². The van der Waals surface area contributed by atoms with Crippen molar-refractivity contribution in [3.63, 3.8) is 0 Å². The van der Waals surface area contributed by atoms with Crippen LogP contribution in [0.2, 0.25) is 0 Å². The number of hydrogen-bond donors (Lipinski definition) is 1. The zero-order chi connectivity index (χ0) is 12.7. The quantitative estimate of drug-likeness (QED) is 0.810. The number of carbonyl (C=O) groups is 1. The maximum absolute atomic E-state index is 10.5. The molecule has 1 aromatic rings. The van der Waals surface area contributed by atoms with Crippen molar-refractivity contribution < 1.29 is 9.90 Å². The van der Waals surface area contributed by atoms with Crippen LogP contribution < -0.4 is 0 Å². The lowest BCUT2D eigenvalue weighted by molar-refractivity contribution is -0.136. The van der Waals surface area contributed by atoms with Crippen LogP contribution in [0.15, 0.2) is 24.3 Å². The van der Waals surface area contributed by atoms with Crippen molar-refractivity contribution in [2.24, 2.45) is 0 Å². The van der Waals surface area contributed by atoms with E-state index in [0.29, 0.717) is 6.42 Å². The van der Waals surface area contributed by atoms with Gasteiger partial charge in [0.05, 0.1) is 12.5 Å². The van der Waals surface area contributed by atoms with Gasteiger partial charge >= 0.3 is 5.97 Å². The second kappa shape index (κ2) is 6.66. The predicted molar refractivity (Wildman–Crippen MR) is 64.3 cm³/mol. The summed E-state index contributed by atoms with van der Waals surface area (Å²) in [6.07, 6.45) is 0.581. The van der Waals surface area contributed by atoms with Crippen LogP contribution in [-0.4, -0.2) is 29.6 Å². The highest BCUT2D eigenvalue weighted by Crippen LogP contribution is 2.07. The lowest BCUT2D eigenvalue weighted by Crippen LogP contribution is -2.18. The summed E-state index contributed by atoms with van der Waals surface area (Å²) in [5.74, 6) is -0.816. The predicted octanol–water partition coefficient (Wildman–Crippen LogP) is 1.66. The SMILES string of the molecule is CN(CCC#N)Cc1ccc(CC(=O)O)cc1. The smallest absolute Gasteiger partial charge is 0.307 e. The zero-order valence-corrected chi connectivity index (χ0v) is 9.89. The average molecular weight is 232 g/mol. The van der Waals surface area contributed by atoms with E-state index in [1.54, 1.807) is 0 Å². The first-order valence-electron chi connectivity index (χ1n) is 5.47. The van der Waals surface area contributed by atoms with Crippen LogP contribution in [0.3, 0.4) is 0 Å². The molecule has 1 aromatic carbocycles. The van der Waals surface area contributed by atoms with Crippen LogP contribution in [-0.2, 0) is 17.8 Å². The molecule has 0 aliphatic rings. The first-order valence-corrected chi connectivity index (χ1v) is 5.47. The molecule has 4 nitrogen and oxygen atoms in total. The molecular weight excluding hydrogens is 216 g/mol. The van der Waals surface area contributed by atoms with Gasteiger partial charge in [0.15, 0.2) is 0 Å². The van der Waals surface area contributed by atoms with Gasteiger partial charge in [-0.25, -0.2) is 0 Å². The van der Waals surface area contributed by atoms with Gasteiger partial charge in [0, 0.05) is 19.5 Å². The third-order valence-electron chi connectivity index (χ3n) is 2.44. The Morgan fingerprint density at radius 1 is 1.35 bits per heavy atom. The van der Waals surface area contributed by atoms with E-state index in [9.17, 15) is 4.79 Å². The lowest BCUT2D eigenvalue weighted by atomic mass is 10.1. The molecule has 4 heteroatoms. The fourth-order valence-corrected chi connectivity index (χ4v) is 1.57. The molecule has 0 unspecified atom stereocenters. The van der Waals surface area contributed by atoms with E-state index in [1.807, 2.05) is 31.3 Å². The fraction of sp³-hybridized carbons (Fsp3) is 0.385. The first kappa shape index (κ1) is 13.2. The minimum atomic E-state index is -0.816. The minimum Gasteiger partial charge on any atom is -0.481 e. The standard InChI is InChI=1S/C13H16N2O2/c1-15(8-2-7-14)10-12-5-3-11(4-6-12)9-13(16)17/h3-6H,2,8-10H2,1H3,(H,16,17). The van der Waals surface area contributed by atoms with Crippen molar-refractivity contribution in [3.8, 4) is 6.07 Å². The molecule has 0 bridgehead atoms. The van der Waals surface area contributed by atoms with Crippen molar-refractivity contribution >= 4 is 5.97 Å². The van der Waals surface area contributed by atoms with E-state index < -0.39 is 5.97 Å². The molecule has 17 heavy (non-hydrogen) atoms. The zero-order valence-electron chi connectivity index (χ0n) is 9.89. The van der Waals surface area contributed by atoms with Crippen LogP contribution in [0.25, 0.3) is 0 Å². The maximum Gasteiger partial charge on any atom is 0.307 e. The Morgan fingerprint density at radius 2 is 1.94 bits per heavy atom. The van der Waals surface area contributed by atoms with Gasteiger partial charge in [0.1, 0.15) is 0 Å². The number of hydrogen-bond acceptors (Lipinski definition) is 3. The van der Waals surface area contributed by atoms with E-state index in [-0.39, 0.29) is 6.42 Å². The number of nitriles is 1. The molecule has 0 atom stereocenters. The summed E-state index contributed by atoms with van der Waals surface area (Å²) in [6, 6.07) is 9.64. The van der Waals surface area contributed by atoms with Gasteiger partial charge < -0.3 is 10.0 Å². The molecule has 0 spiro atoms. The van der Waals surface area contributed by atoms with Crippen LogP contribution in [0, 0.1) is 11.3 Å². The summed E-state index contributed by atoms with van der Waals surface area (Å²) in [4.78, 5) is 12.6. The molecule has 0 amide bonds. The van der Waals surface area contributed by atoms with E-state index in [0.717, 1.165) is 24.2 Å². The molecule has 0 radical (unpaired) electrons. The highest BCUT2D eigenvalue weighted by Gasteiger charge is 2.02. The van der Waals surface area contributed by atoms with Gasteiger partial charge in [-0.3, -0.25) is 4.79 Å². The Kier molecular flexibility index (Phi) is 5.18. The molecule has 1 rings (SSSR count). The molecule has 0 aromatic heterocycles. The third kappa shape index (κ3) is 5.14. The Balaban J connectivity index is 2.50. The van der Waals surface area contributed by atoms with Gasteiger partial charge in [-0.2, -0.15) is 5.26 Å². The normalized spacial score (nSPS) is 10.2. The minimum absolute atomic E-state index is 0.0601. The van der Waals surface area contributed by atoms with Crippen molar-refractivity contribution in [1.29, 1.82) is 5.26 Å². The van der Waals surface area contributed by atoms with Gasteiger partial charge in [0.2, 0.25) is 0 Å². The Morgan fingerprint density at radius 3 is 2.47 bits per heavy atom.